The number of allylic oxidation sites excluding steroid dienone is 4. The average Bonchev–Trinajstić information content (AvgIpc) is 3.37. The maximum absolute atomic E-state index is 2.78. The van der Waals surface area contributed by atoms with Crippen molar-refractivity contribution in [3.05, 3.63) is 128 Å². The fourth-order valence-electron chi connectivity index (χ4n) is 6.43. The fraction of sp³-hybridized carbons (Fsp3) is 0.206. The summed E-state index contributed by atoms with van der Waals surface area (Å²) in [5.74, 6) is 1.09. The first-order valence-electron chi connectivity index (χ1n) is 12.9. The smallest absolute Gasteiger partial charge is 1.00 e. The van der Waals surface area contributed by atoms with Gasteiger partial charge in [-0.05, 0) is 0 Å². The summed E-state index contributed by atoms with van der Waals surface area (Å²) in [6.45, 7) is 9.55. The molecule has 186 valence electrons. The molecule has 0 spiro atoms. The number of hydrogen-bond acceptors (Lipinski definition) is 0. The van der Waals surface area contributed by atoms with Gasteiger partial charge in [0.15, 0.2) is 0 Å². The minimum Gasteiger partial charge on any atom is -1.00 e. The number of fused-ring (bicyclic) bond motifs is 4. The maximum Gasteiger partial charge on any atom is -1.00 e. The van der Waals surface area contributed by atoms with E-state index < -0.39 is 21.3 Å². The summed E-state index contributed by atoms with van der Waals surface area (Å²) in [5.41, 5.74) is 10.5. The Hall–Kier alpha value is -2.05. The molecule has 6 rings (SSSR count). The summed E-state index contributed by atoms with van der Waals surface area (Å²) < 4.78 is 5.07. The van der Waals surface area contributed by atoms with E-state index in [4.69, 9.17) is 0 Å². The van der Waals surface area contributed by atoms with E-state index in [1.54, 1.807) is 25.6 Å². The van der Waals surface area contributed by atoms with Crippen molar-refractivity contribution in [2.24, 2.45) is 11.8 Å². The molecule has 0 aromatic heterocycles. The number of benzene rings is 4. The molecule has 3 heteroatoms. The third-order valence-corrected chi connectivity index (χ3v) is 16.1. The molecule has 0 nitrogen and oxygen atoms in total. The molecular formula is C34H32Cl2Zr. The van der Waals surface area contributed by atoms with Crippen LogP contribution in [0.15, 0.2) is 111 Å². The van der Waals surface area contributed by atoms with E-state index in [0.717, 1.165) is 0 Å². The maximum atomic E-state index is 2.78. The summed E-state index contributed by atoms with van der Waals surface area (Å²) in [6, 6.07) is 34.1. The van der Waals surface area contributed by atoms with Crippen LogP contribution >= 0.6 is 0 Å². The molecule has 2 aliphatic rings. The molecule has 0 fully saturated rings. The quantitative estimate of drug-likeness (QED) is 0.337. The topological polar surface area (TPSA) is 0 Å². The van der Waals surface area contributed by atoms with Gasteiger partial charge in [0.25, 0.3) is 0 Å². The Kier molecular flexibility index (Phi) is 8.59. The molecule has 37 heavy (non-hydrogen) atoms. The Balaban J connectivity index is 0.00000160. The number of halogens is 2. The minimum atomic E-state index is -2.44. The van der Waals surface area contributed by atoms with Crippen LogP contribution in [0.1, 0.15) is 48.0 Å². The Morgan fingerprint density at radius 3 is 1.92 bits per heavy atom. The number of hydrogen-bond donors (Lipinski definition) is 0. The van der Waals surface area contributed by atoms with E-state index in [2.05, 4.69) is 128 Å². The molecule has 0 amide bonds. The molecule has 0 aliphatic heterocycles. The van der Waals surface area contributed by atoms with Crippen molar-refractivity contribution in [2.75, 3.05) is 0 Å². The molecule has 0 heterocycles. The summed E-state index contributed by atoms with van der Waals surface area (Å²) in [4.78, 5) is 0. The van der Waals surface area contributed by atoms with Gasteiger partial charge in [-0.15, -0.1) is 0 Å². The summed E-state index contributed by atoms with van der Waals surface area (Å²) >= 11 is -2.44. The van der Waals surface area contributed by atoms with E-state index in [1.165, 1.54) is 27.5 Å². The van der Waals surface area contributed by atoms with Crippen molar-refractivity contribution in [1.29, 1.82) is 0 Å². The second kappa shape index (κ2) is 11.4. The van der Waals surface area contributed by atoms with E-state index in [-0.39, 0.29) is 24.8 Å². The Labute approximate surface area is 241 Å². The minimum absolute atomic E-state index is 0. The summed E-state index contributed by atoms with van der Waals surface area (Å²) in [6.07, 6.45) is 2.57. The van der Waals surface area contributed by atoms with Crippen molar-refractivity contribution < 1.29 is 46.1 Å². The average molecular weight is 603 g/mol. The molecule has 0 saturated carbocycles. The van der Waals surface area contributed by atoms with E-state index in [9.17, 15) is 0 Å². The number of rotatable bonds is 4. The zero-order valence-electron chi connectivity index (χ0n) is 21.8. The normalized spacial score (nSPS) is 16.4. The Bertz CT molecular complexity index is 1510. The van der Waals surface area contributed by atoms with Gasteiger partial charge in [-0.2, -0.15) is 0 Å². The first kappa shape index (κ1) is 28.0. The second-order valence-corrected chi connectivity index (χ2v) is 16.1. The molecule has 0 bridgehead atoms. The van der Waals surface area contributed by atoms with Crippen LogP contribution in [0, 0.1) is 11.8 Å². The van der Waals surface area contributed by atoms with Crippen LogP contribution in [0.25, 0.3) is 21.9 Å². The first-order chi connectivity index (χ1) is 17.0. The monoisotopic (exact) mass is 600 g/mol. The van der Waals surface area contributed by atoms with Gasteiger partial charge >= 0.3 is 218 Å². The van der Waals surface area contributed by atoms with Gasteiger partial charge in [0.05, 0.1) is 0 Å². The van der Waals surface area contributed by atoms with Gasteiger partial charge in [0.1, 0.15) is 0 Å². The molecule has 1 atom stereocenters. The third-order valence-electron chi connectivity index (χ3n) is 7.93. The SMILES string of the molecule is CC1=[C](/[Zr+2](=[CH]/c2cccc3ccccc23)[CH]2c3ccccc3-c3ccccc32)C(C)C=C1C(C)C.[Cl-].[Cl-]. The standard InChI is InChI=1S/C13H9.C11H8.C10H15.2ClH.Zr/c1-3-7-12-10(5-1)9-11-6-2-4-8-13(11)12;1-9-5-4-7-10-6-2-3-8-11(9)10;1-7(2)10-6-8(3)5-9(10)4;;;/h1-9H;1-8H;6-8H,1-4H3;2*1H;/q;;;;;+2/p-2. The van der Waals surface area contributed by atoms with Crippen molar-refractivity contribution >= 4 is 14.5 Å². The molecule has 0 saturated heterocycles. The summed E-state index contributed by atoms with van der Waals surface area (Å²) in [5, 5.41) is 2.72. The Morgan fingerprint density at radius 2 is 1.30 bits per heavy atom. The Morgan fingerprint density at radius 1 is 0.730 bits per heavy atom. The molecule has 1 unspecified atom stereocenters. The molecule has 0 radical (unpaired) electrons. The predicted molar refractivity (Wildman–Crippen MR) is 148 cm³/mol. The van der Waals surface area contributed by atoms with Crippen molar-refractivity contribution in [1.82, 2.24) is 0 Å². The van der Waals surface area contributed by atoms with Crippen LogP contribution in [0.2, 0.25) is 0 Å². The van der Waals surface area contributed by atoms with Gasteiger partial charge in [-0.1, -0.05) is 0 Å². The zero-order valence-corrected chi connectivity index (χ0v) is 25.8. The van der Waals surface area contributed by atoms with E-state index >= 15 is 0 Å². The fourth-order valence-corrected chi connectivity index (χ4v) is 15.2. The van der Waals surface area contributed by atoms with Crippen LogP contribution in [0.5, 0.6) is 0 Å². The largest absolute Gasteiger partial charge is 1.00 e. The molecule has 4 aromatic rings. The second-order valence-electron chi connectivity index (χ2n) is 10.4. The molecule has 0 N–H and O–H groups in total. The molecule has 2 aliphatic carbocycles. The van der Waals surface area contributed by atoms with Crippen molar-refractivity contribution in [2.45, 2.75) is 31.3 Å². The van der Waals surface area contributed by atoms with Crippen LogP contribution in [-0.2, 0) is 21.3 Å². The van der Waals surface area contributed by atoms with Crippen molar-refractivity contribution in [3.8, 4) is 11.1 Å². The van der Waals surface area contributed by atoms with Crippen LogP contribution in [-0.4, -0.2) is 3.71 Å². The third kappa shape index (κ3) is 4.80. The van der Waals surface area contributed by atoms with Gasteiger partial charge in [-0.3, -0.25) is 0 Å². The van der Waals surface area contributed by atoms with Gasteiger partial charge in [-0.25, -0.2) is 0 Å². The van der Waals surface area contributed by atoms with Crippen molar-refractivity contribution in [3.63, 3.8) is 0 Å². The first-order valence-corrected chi connectivity index (χ1v) is 16.9. The van der Waals surface area contributed by atoms with Crippen LogP contribution in [0.4, 0.5) is 0 Å². The van der Waals surface area contributed by atoms with Gasteiger partial charge < -0.3 is 24.8 Å². The summed E-state index contributed by atoms with van der Waals surface area (Å²) in [7, 11) is 0. The molecular weight excluding hydrogens is 571 g/mol. The predicted octanol–water partition coefficient (Wildman–Crippen LogP) is 2.89. The van der Waals surface area contributed by atoms with Crippen LogP contribution in [0.3, 0.4) is 0 Å². The van der Waals surface area contributed by atoms with Crippen LogP contribution < -0.4 is 24.8 Å². The van der Waals surface area contributed by atoms with E-state index in [1.807, 2.05) is 0 Å². The van der Waals surface area contributed by atoms with Gasteiger partial charge in [0.2, 0.25) is 0 Å². The van der Waals surface area contributed by atoms with Gasteiger partial charge in [0, 0.05) is 0 Å². The zero-order chi connectivity index (χ0) is 24.1. The molecule has 4 aromatic carbocycles. The van der Waals surface area contributed by atoms with E-state index in [0.29, 0.717) is 15.5 Å².